The SMILES string of the molecule is CCC(C(=O)O)N1CC(=O)N(C(c2ccccc2)c2ccccc2)c2ccc(OCc3ccc(C(=N)N)cc3)cc2C1=O. The molecule has 1 aliphatic rings. The van der Waals surface area contributed by atoms with Gasteiger partial charge in [0.05, 0.1) is 17.3 Å². The maximum Gasteiger partial charge on any atom is 0.326 e. The molecule has 218 valence electrons. The molecular formula is C34H32N4O5. The molecule has 9 nitrogen and oxygen atoms in total. The highest BCUT2D eigenvalue weighted by Crippen LogP contribution is 2.39. The van der Waals surface area contributed by atoms with E-state index in [-0.39, 0.29) is 24.4 Å². The quantitative estimate of drug-likeness (QED) is 0.180. The number of amides is 2. The van der Waals surface area contributed by atoms with Gasteiger partial charge in [0.2, 0.25) is 5.91 Å². The van der Waals surface area contributed by atoms with Gasteiger partial charge in [-0.2, -0.15) is 0 Å². The van der Waals surface area contributed by atoms with Crippen molar-refractivity contribution in [2.45, 2.75) is 32.0 Å². The van der Waals surface area contributed by atoms with Crippen molar-refractivity contribution in [3.05, 3.63) is 131 Å². The first-order valence-corrected chi connectivity index (χ1v) is 13.9. The summed E-state index contributed by atoms with van der Waals surface area (Å²) < 4.78 is 6.03. The number of carboxylic acid groups (broad SMARTS) is 1. The smallest absolute Gasteiger partial charge is 0.326 e. The highest BCUT2D eigenvalue weighted by Gasteiger charge is 2.40. The van der Waals surface area contributed by atoms with E-state index in [9.17, 15) is 19.5 Å². The van der Waals surface area contributed by atoms with Gasteiger partial charge in [-0.1, -0.05) is 91.9 Å². The number of nitrogens with zero attached hydrogens (tertiary/aromatic N) is 2. The van der Waals surface area contributed by atoms with E-state index in [2.05, 4.69) is 0 Å². The first-order valence-electron chi connectivity index (χ1n) is 13.9. The maximum absolute atomic E-state index is 14.1. The lowest BCUT2D eigenvalue weighted by molar-refractivity contribution is -0.142. The van der Waals surface area contributed by atoms with Crippen LogP contribution in [0.25, 0.3) is 0 Å². The van der Waals surface area contributed by atoms with Gasteiger partial charge in [0.1, 0.15) is 30.8 Å². The van der Waals surface area contributed by atoms with E-state index in [1.54, 1.807) is 54.3 Å². The lowest BCUT2D eigenvalue weighted by Crippen LogP contribution is -2.48. The fraction of sp³-hybridized carbons (Fsp3) is 0.176. The monoisotopic (exact) mass is 576 g/mol. The molecular weight excluding hydrogens is 544 g/mol. The van der Waals surface area contributed by atoms with Crippen LogP contribution in [0.15, 0.2) is 103 Å². The summed E-state index contributed by atoms with van der Waals surface area (Å²) in [6, 6.07) is 29.3. The molecule has 5 rings (SSSR count). The maximum atomic E-state index is 14.1. The number of carbonyl (C=O) groups is 3. The molecule has 0 aliphatic carbocycles. The molecule has 2 amide bonds. The molecule has 43 heavy (non-hydrogen) atoms. The fourth-order valence-corrected chi connectivity index (χ4v) is 5.34. The number of hydrogen-bond donors (Lipinski definition) is 3. The van der Waals surface area contributed by atoms with Gasteiger partial charge in [-0.3, -0.25) is 19.9 Å². The molecule has 1 heterocycles. The number of nitrogens with one attached hydrogen (secondary N) is 1. The zero-order valence-electron chi connectivity index (χ0n) is 23.6. The van der Waals surface area contributed by atoms with Crippen LogP contribution in [0.5, 0.6) is 5.75 Å². The van der Waals surface area contributed by atoms with Crippen LogP contribution >= 0.6 is 0 Å². The second kappa shape index (κ2) is 12.6. The fourth-order valence-electron chi connectivity index (χ4n) is 5.34. The van der Waals surface area contributed by atoms with Gasteiger partial charge in [-0.05, 0) is 41.3 Å². The summed E-state index contributed by atoms with van der Waals surface area (Å²) in [5.41, 5.74) is 9.20. The number of anilines is 1. The summed E-state index contributed by atoms with van der Waals surface area (Å²) >= 11 is 0. The lowest BCUT2D eigenvalue weighted by atomic mass is 9.95. The molecule has 1 aliphatic heterocycles. The van der Waals surface area contributed by atoms with E-state index < -0.39 is 36.4 Å². The lowest BCUT2D eigenvalue weighted by Gasteiger charge is -2.33. The van der Waals surface area contributed by atoms with Crippen LogP contribution in [0.4, 0.5) is 5.69 Å². The molecule has 1 atom stereocenters. The number of benzene rings is 4. The number of hydrogen-bond acceptors (Lipinski definition) is 5. The Balaban J connectivity index is 1.60. The first kappa shape index (κ1) is 29.1. The Labute approximate surface area is 249 Å². The van der Waals surface area contributed by atoms with E-state index in [0.717, 1.165) is 21.6 Å². The van der Waals surface area contributed by atoms with E-state index >= 15 is 0 Å². The summed E-state index contributed by atoms with van der Waals surface area (Å²) in [5, 5.41) is 17.5. The second-order valence-electron chi connectivity index (χ2n) is 10.3. The van der Waals surface area contributed by atoms with Crippen LogP contribution < -0.4 is 15.4 Å². The number of carboxylic acids is 1. The number of ether oxygens (including phenoxy) is 1. The minimum Gasteiger partial charge on any atom is -0.489 e. The molecule has 4 aromatic carbocycles. The van der Waals surface area contributed by atoms with E-state index in [1.807, 2.05) is 60.7 Å². The van der Waals surface area contributed by atoms with Gasteiger partial charge in [-0.25, -0.2) is 4.79 Å². The van der Waals surface area contributed by atoms with Crippen molar-refractivity contribution in [3.63, 3.8) is 0 Å². The number of rotatable bonds is 10. The molecule has 0 bridgehead atoms. The predicted molar refractivity (Wildman–Crippen MR) is 163 cm³/mol. The Morgan fingerprint density at radius 2 is 1.53 bits per heavy atom. The summed E-state index contributed by atoms with van der Waals surface area (Å²) in [7, 11) is 0. The van der Waals surface area contributed by atoms with Crippen LogP contribution in [0.3, 0.4) is 0 Å². The predicted octanol–water partition coefficient (Wildman–Crippen LogP) is 4.99. The molecule has 0 radical (unpaired) electrons. The molecule has 0 fully saturated rings. The largest absolute Gasteiger partial charge is 0.489 e. The normalized spacial score (nSPS) is 13.8. The average molecular weight is 577 g/mol. The molecule has 0 spiro atoms. The Hall–Kier alpha value is -5.44. The Morgan fingerprint density at radius 3 is 2.07 bits per heavy atom. The van der Waals surface area contributed by atoms with Crippen molar-refractivity contribution >= 4 is 29.3 Å². The summed E-state index contributed by atoms with van der Waals surface area (Å²) in [5.74, 6) is -1.78. The molecule has 1 unspecified atom stereocenters. The first-order chi connectivity index (χ1) is 20.8. The van der Waals surface area contributed by atoms with Gasteiger partial charge in [-0.15, -0.1) is 0 Å². The Bertz CT molecular complexity index is 1600. The van der Waals surface area contributed by atoms with Crippen molar-refractivity contribution in [3.8, 4) is 5.75 Å². The van der Waals surface area contributed by atoms with Crippen LogP contribution in [0.2, 0.25) is 0 Å². The minimum atomic E-state index is -1.18. The average Bonchev–Trinajstić information content (AvgIpc) is 3.12. The summed E-state index contributed by atoms with van der Waals surface area (Å²) in [4.78, 5) is 43.1. The number of nitrogens with two attached hydrogens (primary N) is 1. The third-order valence-corrected chi connectivity index (χ3v) is 7.50. The Kier molecular flexibility index (Phi) is 8.52. The third-order valence-electron chi connectivity index (χ3n) is 7.50. The standard InChI is InChI=1S/C34H32N4O5/c1-2-28(34(41)42)37-20-30(39)38(31(23-9-5-3-6-10-23)24-11-7-4-8-12-24)29-18-17-26(19-27(29)33(37)40)43-21-22-13-15-25(16-14-22)32(35)36/h3-19,28,31H,2,20-21H2,1H3,(H3,35,36)(H,41,42). The third kappa shape index (κ3) is 6.11. The van der Waals surface area contributed by atoms with Crippen molar-refractivity contribution in [2.75, 3.05) is 11.4 Å². The topological polar surface area (TPSA) is 137 Å². The van der Waals surface area contributed by atoms with Gasteiger partial charge in [0.15, 0.2) is 0 Å². The molecule has 4 N–H and O–H groups in total. The van der Waals surface area contributed by atoms with E-state index in [4.69, 9.17) is 15.9 Å². The highest BCUT2D eigenvalue weighted by atomic mass is 16.5. The molecule has 0 saturated heterocycles. The number of amidine groups is 1. The molecule has 9 heteroatoms. The molecule has 4 aromatic rings. The van der Waals surface area contributed by atoms with Crippen molar-refractivity contribution < 1.29 is 24.2 Å². The van der Waals surface area contributed by atoms with E-state index in [0.29, 0.717) is 17.0 Å². The van der Waals surface area contributed by atoms with Crippen LogP contribution in [0, 0.1) is 5.41 Å². The zero-order valence-corrected chi connectivity index (χ0v) is 23.6. The number of carbonyl (C=O) groups excluding carboxylic acids is 2. The Morgan fingerprint density at radius 1 is 0.930 bits per heavy atom. The highest BCUT2D eigenvalue weighted by molar-refractivity contribution is 6.11. The number of fused-ring (bicyclic) bond motifs is 1. The van der Waals surface area contributed by atoms with Crippen molar-refractivity contribution in [1.82, 2.24) is 4.90 Å². The van der Waals surface area contributed by atoms with Gasteiger partial charge >= 0.3 is 5.97 Å². The summed E-state index contributed by atoms with van der Waals surface area (Å²) in [6.45, 7) is 1.46. The zero-order chi connectivity index (χ0) is 30.5. The van der Waals surface area contributed by atoms with Crippen molar-refractivity contribution in [1.29, 1.82) is 5.41 Å². The summed E-state index contributed by atoms with van der Waals surface area (Å²) in [6.07, 6.45) is 0.136. The molecule has 0 saturated carbocycles. The van der Waals surface area contributed by atoms with Gasteiger partial charge in [0.25, 0.3) is 5.91 Å². The van der Waals surface area contributed by atoms with Crippen LogP contribution in [0.1, 0.15) is 52.0 Å². The second-order valence-corrected chi connectivity index (χ2v) is 10.3. The number of nitrogen functional groups attached to an aromatic ring is 1. The van der Waals surface area contributed by atoms with E-state index in [1.165, 1.54) is 0 Å². The van der Waals surface area contributed by atoms with Gasteiger partial charge in [0, 0.05) is 5.56 Å². The van der Waals surface area contributed by atoms with Crippen LogP contribution in [-0.2, 0) is 16.2 Å². The van der Waals surface area contributed by atoms with Crippen LogP contribution in [-0.4, -0.2) is 46.2 Å². The van der Waals surface area contributed by atoms with Crippen molar-refractivity contribution in [2.24, 2.45) is 5.73 Å². The molecule has 0 aromatic heterocycles. The number of aliphatic carboxylic acids is 1. The minimum absolute atomic E-state index is 0.0311. The van der Waals surface area contributed by atoms with Gasteiger partial charge < -0.3 is 20.5 Å².